The van der Waals surface area contributed by atoms with Crippen molar-refractivity contribution < 1.29 is 9.18 Å². The van der Waals surface area contributed by atoms with Gasteiger partial charge in [0.05, 0.1) is 0 Å². The molecule has 3 aromatic rings. The van der Waals surface area contributed by atoms with Crippen molar-refractivity contribution in [2.75, 3.05) is 5.32 Å². The largest absolute Gasteiger partial charge is 0.328 e. The van der Waals surface area contributed by atoms with Gasteiger partial charge in [-0.15, -0.1) is 16.4 Å². The molecule has 5 rings (SSSR count). The highest BCUT2D eigenvalue weighted by Crippen LogP contribution is 2.41. The number of halogens is 1. The average molecular weight is 413 g/mol. The lowest BCUT2D eigenvalue weighted by atomic mass is 9.88. The molecule has 1 atom stereocenters. The van der Waals surface area contributed by atoms with Gasteiger partial charge in [-0.3, -0.25) is 4.79 Å². The molecule has 0 radical (unpaired) electrons. The predicted octanol–water partition coefficient (Wildman–Crippen LogP) is 4.79. The fourth-order valence-electron chi connectivity index (χ4n) is 3.67. The van der Waals surface area contributed by atoms with Crippen molar-refractivity contribution >= 4 is 34.8 Å². The van der Waals surface area contributed by atoms with Gasteiger partial charge in [-0.05, 0) is 35.9 Å². The van der Waals surface area contributed by atoms with Gasteiger partial charge < -0.3 is 5.32 Å². The van der Waals surface area contributed by atoms with Gasteiger partial charge in [0.15, 0.2) is 5.78 Å². The number of thioether (sulfide) groups is 1. The Bertz CT molecular complexity index is 1070. The maximum absolute atomic E-state index is 13.9. The molecule has 0 unspecified atom stereocenters. The molecule has 0 amide bonds. The van der Waals surface area contributed by atoms with Crippen molar-refractivity contribution in [2.45, 2.75) is 36.2 Å². The third-order valence-corrected chi connectivity index (χ3v) is 6.79. The van der Waals surface area contributed by atoms with E-state index < -0.39 is 0 Å². The van der Waals surface area contributed by atoms with Crippen LogP contribution in [-0.4, -0.2) is 20.5 Å². The number of nitrogens with zero attached hydrogens (tertiary/aromatic N) is 3. The zero-order chi connectivity index (χ0) is 19.1. The van der Waals surface area contributed by atoms with Crippen molar-refractivity contribution in [3.63, 3.8) is 0 Å². The van der Waals surface area contributed by atoms with E-state index in [4.69, 9.17) is 0 Å². The van der Waals surface area contributed by atoms with E-state index in [0.29, 0.717) is 28.8 Å². The SMILES string of the molecule is O=C1CCCC2=C1[C@@H](c1cccs1)n1nc(SCc3ccccc3F)nc1N2. The molecule has 1 N–H and O–H groups in total. The standard InChI is InChI=1S/C20H17FN4OS2/c21-13-6-2-1-5-12(13)11-28-20-23-19-22-14-7-3-8-15(26)17(14)18(25(19)24-20)16-9-4-10-27-16/h1-2,4-6,9-10,18H,3,7-8,11H2,(H,22,23,24)/t18-/m1/s1. The number of carbonyl (C=O) groups is 1. The quantitative estimate of drug-likeness (QED) is 0.624. The number of anilines is 1. The molecule has 1 aromatic carbocycles. The lowest BCUT2D eigenvalue weighted by Gasteiger charge is -2.31. The van der Waals surface area contributed by atoms with Crippen LogP contribution in [0.1, 0.15) is 35.7 Å². The van der Waals surface area contributed by atoms with E-state index in [1.807, 2.05) is 23.6 Å². The Morgan fingerprint density at radius 1 is 1.25 bits per heavy atom. The fraction of sp³-hybridized carbons (Fsp3) is 0.250. The number of thiophene rings is 1. The second-order valence-electron chi connectivity index (χ2n) is 6.75. The van der Waals surface area contributed by atoms with Crippen molar-refractivity contribution in [2.24, 2.45) is 0 Å². The van der Waals surface area contributed by atoms with Crippen molar-refractivity contribution in [3.8, 4) is 0 Å². The van der Waals surface area contributed by atoms with Crippen molar-refractivity contribution in [3.05, 3.63) is 69.3 Å². The first-order valence-electron chi connectivity index (χ1n) is 9.10. The van der Waals surface area contributed by atoms with E-state index in [2.05, 4.69) is 15.4 Å². The maximum atomic E-state index is 13.9. The molecule has 3 heterocycles. The monoisotopic (exact) mass is 412 g/mol. The number of carbonyl (C=O) groups excluding carboxylic acids is 1. The van der Waals surface area contributed by atoms with Gasteiger partial charge in [-0.2, -0.15) is 4.98 Å². The number of aromatic nitrogens is 3. The van der Waals surface area contributed by atoms with Crippen LogP contribution in [0.5, 0.6) is 0 Å². The van der Waals surface area contributed by atoms with Gasteiger partial charge in [-0.25, -0.2) is 9.07 Å². The summed E-state index contributed by atoms with van der Waals surface area (Å²) in [5, 5.41) is 10.6. The number of benzene rings is 1. The molecular weight excluding hydrogens is 395 g/mol. The van der Waals surface area contributed by atoms with Crippen LogP contribution in [0.3, 0.4) is 0 Å². The molecule has 28 heavy (non-hydrogen) atoms. The first-order chi connectivity index (χ1) is 13.7. The summed E-state index contributed by atoms with van der Waals surface area (Å²) >= 11 is 3.00. The first kappa shape index (κ1) is 17.6. The maximum Gasteiger partial charge on any atom is 0.227 e. The summed E-state index contributed by atoms with van der Waals surface area (Å²) in [5.74, 6) is 1.04. The van der Waals surface area contributed by atoms with E-state index in [0.717, 1.165) is 29.0 Å². The molecule has 0 bridgehead atoms. The predicted molar refractivity (Wildman–Crippen MR) is 108 cm³/mol. The molecule has 0 spiro atoms. The van der Waals surface area contributed by atoms with Crippen LogP contribution in [-0.2, 0) is 10.5 Å². The molecule has 142 valence electrons. The van der Waals surface area contributed by atoms with Crippen LogP contribution in [0.2, 0.25) is 0 Å². The number of ketones is 1. The first-order valence-corrected chi connectivity index (χ1v) is 11.0. The molecule has 0 fully saturated rings. The van der Waals surface area contributed by atoms with Crippen LogP contribution in [0.15, 0.2) is 58.2 Å². The third-order valence-electron chi connectivity index (χ3n) is 4.98. The number of fused-ring (bicyclic) bond motifs is 1. The normalized spacial score (nSPS) is 18.6. The van der Waals surface area contributed by atoms with E-state index in [1.54, 1.807) is 28.2 Å². The van der Waals surface area contributed by atoms with E-state index >= 15 is 0 Å². The summed E-state index contributed by atoms with van der Waals surface area (Å²) < 4.78 is 15.7. The van der Waals surface area contributed by atoms with Crippen LogP contribution >= 0.6 is 23.1 Å². The smallest absolute Gasteiger partial charge is 0.227 e. The minimum absolute atomic E-state index is 0.175. The van der Waals surface area contributed by atoms with Crippen LogP contribution in [0, 0.1) is 5.82 Å². The second kappa shape index (κ2) is 7.18. The van der Waals surface area contributed by atoms with Gasteiger partial charge in [0.1, 0.15) is 11.9 Å². The summed E-state index contributed by atoms with van der Waals surface area (Å²) in [7, 11) is 0. The Balaban J connectivity index is 1.49. The van der Waals surface area contributed by atoms with Gasteiger partial charge >= 0.3 is 0 Å². The zero-order valence-corrected chi connectivity index (χ0v) is 16.5. The lowest BCUT2D eigenvalue weighted by molar-refractivity contribution is -0.116. The number of Topliss-reactive ketones (excluding diaryl/α,β-unsaturated/α-hetero) is 1. The summed E-state index contributed by atoms with van der Waals surface area (Å²) in [6.45, 7) is 0. The molecule has 8 heteroatoms. The molecule has 0 saturated carbocycles. The molecule has 2 aromatic heterocycles. The average Bonchev–Trinajstić information content (AvgIpc) is 3.35. The summed E-state index contributed by atoms with van der Waals surface area (Å²) in [4.78, 5) is 18.4. The minimum Gasteiger partial charge on any atom is -0.328 e. The summed E-state index contributed by atoms with van der Waals surface area (Å²) in [6.07, 6.45) is 2.26. The molecule has 5 nitrogen and oxygen atoms in total. The highest BCUT2D eigenvalue weighted by Gasteiger charge is 2.37. The van der Waals surface area contributed by atoms with Crippen LogP contribution in [0.4, 0.5) is 10.3 Å². The van der Waals surface area contributed by atoms with Gasteiger partial charge in [0.25, 0.3) is 0 Å². The highest BCUT2D eigenvalue weighted by molar-refractivity contribution is 7.98. The Morgan fingerprint density at radius 2 is 2.14 bits per heavy atom. The molecule has 1 aliphatic carbocycles. The molecule has 0 saturated heterocycles. The molecular formula is C20H17FN4OS2. The number of rotatable bonds is 4. The number of allylic oxidation sites excluding steroid dienone is 2. The summed E-state index contributed by atoms with van der Waals surface area (Å²) in [5.41, 5.74) is 2.38. The van der Waals surface area contributed by atoms with Crippen molar-refractivity contribution in [1.82, 2.24) is 14.8 Å². The number of nitrogens with one attached hydrogen (secondary N) is 1. The van der Waals surface area contributed by atoms with E-state index in [1.165, 1.54) is 17.8 Å². The Morgan fingerprint density at radius 3 is 2.96 bits per heavy atom. The number of hydrogen-bond donors (Lipinski definition) is 1. The minimum atomic E-state index is -0.241. The molecule has 2 aliphatic rings. The summed E-state index contributed by atoms with van der Waals surface area (Å²) in [6, 6.07) is 10.5. The van der Waals surface area contributed by atoms with E-state index in [9.17, 15) is 9.18 Å². The molecule has 1 aliphatic heterocycles. The topological polar surface area (TPSA) is 59.8 Å². The zero-order valence-electron chi connectivity index (χ0n) is 14.9. The van der Waals surface area contributed by atoms with Gasteiger partial charge in [0, 0.05) is 28.3 Å². The van der Waals surface area contributed by atoms with Crippen LogP contribution in [0.25, 0.3) is 0 Å². The Kier molecular flexibility index (Phi) is 4.52. The number of hydrogen-bond acceptors (Lipinski definition) is 6. The van der Waals surface area contributed by atoms with E-state index in [-0.39, 0.29) is 17.6 Å². The Labute approximate surface area is 169 Å². The van der Waals surface area contributed by atoms with Gasteiger partial charge in [-0.1, -0.05) is 36.0 Å². The van der Waals surface area contributed by atoms with Crippen molar-refractivity contribution in [1.29, 1.82) is 0 Å². The lowest BCUT2D eigenvalue weighted by Crippen LogP contribution is -2.31. The highest BCUT2D eigenvalue weighted by atomic mass is 32.2. The fourth-order valence-corrected chi connectivity index (χ4v) is 5.30. The Hall–Kier alpha value is -2.45. The van der Waals surface area contributed by atoms with Gasteiger partial charge in [0.2, 0.25) is 11.1 Å². The van der Waals surface area contributed by atoms with Crippen LogP contribution < -0.4 is 5.32 Å². The second-order valence-corrected chi connectivity index (χ2v) is 8.68. The third kappa shape index (κ3) is 3.06.